The van der Waals surface area contributed by atoms with E-state index >= 15 is 0 Å². The fraction of sp³-hybridized carbons (Fsp3) is 0.214. The Morgan fingerprint density at radius 3 is 2.79 bits per heavy atom. The number of hydrogen-bond acceptors (Lipinski definition) is 2. The van der Waals surface area contributed by atoms with Crippen molar-refractivity contribution >= 4 is 65.9 Å². The molecule has 2 aromatic carbocycles. The number of fused-ring (bicyclic) bond motifs is 3. The summed E-state index contributed by atoms with van der Waals surface area (Å²) in [5.41, 5.74) is 9.60. The third-order valence-corrected chi connectivity index (χ3v) is 8.51. The molecule has 0 bridgehead atoms. The summed E-state index contributed by atoms with van der Waals surface area (Å²) >= 11 is 7.26. The normalized spacial score (nSPS) is 16.1. The van der Waals surface area contributed by atoms with Crippen LogP contribution in [0.3, 0.4) is 0 Å². The van der Waals surface area contributed by atoms with Gasteiger partial charge in [0.25, 0.3) is 5.91 Å². The van der Waals surface area contributed by atoms with Crippen molar-refractivity contribution in [1.82, 2.24) is 9.97 Å². The van der Waals surface area contributed by atoms with Gasteiger partial charge in [-0.1, -0.05) is 40.2 Å². The van der Waals surface area contributed by atoms with E-state index in [0.717, 1.165) is 56.4 Å². The van der Waals surface area contributed by atoms with Crippen LogP contribution in [0.5, 0.6) is 0 Å². The van der Waals surface area contributed by atoms with Crippen LogP contribution in [0.25, 0.3) is 22.4 Å². The highest BCUT2D eigenvalue weighted by Crippen LogP contribution is 2.44. The fourth-order valence-corrected chi connectivity index (χ4v) is 6.61. The molecule has 2 aliphatic rings. The van der Waals surface area contributed by atoms with Gasteiger partial charge >= 0.3 is 0 Å². The SMILES string of the molecule is Cc1c(Br)cc(Br)c2c1C(=Cc1[nH]c3c(c1Cc1nccc4ccccc14)CCCC3)C(=O)N2. The average molecular weight is 577 g/mol. The van der Waals surface area contributed by atoms with Gasteiger partial charge in [-0.25, -0.2) is 0 Å². The van der Waals surface area contributed by atoms with E-state index in [-0.39, 0.29) is 5.91 Å². The second-order valence-electron chi connectivity index (χ2n) is 9.06. The van der Waals surface area contributed by atoms with Gasteiger partial charge in [-0.3, -0.25) is 9.78 Å². The van der Waals surface area contributed by atoms with Crippen LogP contribution in [0.4, 0.5) is 5.69 Å². The minimum Gasteiger partial charge on any atom is -0.358 e. The number of aryl methyl sites for hydroxylation is 1. The molecule has 170 valence electrons. The van der Waals surface area contributed by atoms with Crippen LogP contribution in [0.15, 0.2) is 51.5 Å². The summed E-state index contributed by atoms with van der Waals surface area (Å²) in [6, 6.07) is 12.5. The molecule has 0 saturated carbocycles. The third kappa shape index (κ3) is 3.55. The Morgan fingerprint density at radius 1 is 1.09 bits per heavy atom. The lowest BCUT2D eigenvalue weighted by Crippen LogP contribution is -2.05. The summed E-state index contributed by atoms with van der Waals surface area (Å²) < 4.78 is 1.86. The van der Waals surface area contributed by atoms with E-state index in [0.29, 0.717) is 5.57 Å². The maximum atomic E-state index is 13.1. The summed E-state index contributed by atoms with van der Waals surface area (Å²) in [5.74, 6) is -0.0706. The van der Waals surface area contributed by atoms with Crippen molar-refractivity contribution < 1.29 is 4.79 Å². The number of benzene rings is 2. The molecule has 34 heavy (non-hydrogen) atoms. The maximum absolute atomic E-state index is 13.1. The van der Waals surface area contributed by atoms with Crippen molar-refractivity contribution in [2.45, 2.75) is 39.0 Å². The van der Waals surface area contributed by atoms with Crippen molar-refractivity contribution in [1.29, 1.82) is 0 Å². The first-order valence-electron chi connectivity index (χ1n) is 11.6. The molecule has 0 fully saturated rings. The number of nitrogens with zero attached hydrogens (tertiary/aromatic N) is 1. The molecule has 0 saturated heterocycles. The van der Waals surface area contributed by atoms with Crippen molar-refractivity contribution in [3.8, 4) is 0 Å². The number of halogens is 2. The Bertz CT molecular complexity index is 1510. The number of carbonyl (C=O) groups is 1. The van der Waals surface area contributed by atoms with Crippen LogP contribution >= 0.6 is 31.9 Å². The molecule has 0 atom stereocenters. The van der Waals surface area contributed by atoms with Gasteiger partial charge in [0.2, 0.25) is 0 Å². The van der Waals surface area contributed by atoms with Crippen LogP contribution < -0.4 is 5.32 Å². The van der Waals surface area contributed by atoms with Crippen LogP contribution in [0.2, 0.25) is 0 Å². The zero-order valence-corrected chi connectivity index (χ0v) is 21.9. The van der Waals surface area contributed by atoms with Crippen molar-refractivity contribution in [2.24, 2.45) is 0 Å². The summed E-state index contributed by atoms with van der Waals surface area (Å²) in [6.07, 6.45) is 9.18. The van der Waals surface area contributed by atoms with Crippen LogP contribution in [0.1, 0.15) is 52.2 Å². The molecule has 2 aromatic heterocycles. The average Bonchev–Trinajstić information content (AvgIpc) is 3.36. The lowest BCUT2D eigenvalue weighted by atomic mass is 9.91. The topological polar surface area (TPSA) is 57.8 Å². The minimum absolute atomic E-state index is 0.0706. The minimum atomic E-state index is -0.0706. The lowest BCUT2D eigenvalue weighted by Gasteiger charge is -2.13. The molecule has 6 heteroatoms. The largest absolute Gasteiger partial charge is 0.358 e. The Labute approximate surface area is 215 Å². The van der Waals surface area contributed by atoms with Gasteiger partial charge in [0.15, 0.2) is 0 Å². The van der Waals surface area contributed by atoms with E-state index in [9.17, 15) is 4.79 Å². The number of aromatic amines is 1. The monoisotopic (exact) mass is 575 g/mol. The first-order valence-corrected chi connectivity index (χ1v) is 13.2. The Morgan fingerprint density at radius 2 is 1.91 bits per heavy atom. The number of aromatic nitrogens is 2. The standard InChI is InChI=1S/C28H23Br2N3O/c1-15-21(29)14-22(30)27-26(15)20(28(34)33-27)13-25-19(18-8-4-5-9-23(18)32-25)12-24-17-7-3-2-6-16(17)10-11-31-24/h2-3,6-7,10-11,13-14,32H,4-5,8-9,12H2,1H3,(H,33,34). The van der Waals surface area contributed by atoms with E-state index < -0.39 is 0 Å². The van der Waals surface area contributed by atoms with E-state index in [1.165, 1.54) is 40.4 Å². The van der Waals surface area contributed by atoms with E-state index in [2.05, 4.69) is 72.5 Å². The molecule has 6 rings (SSSR count). The number of nitrogens with one attached hydrogen (secondary N) is 2. The Hall–Kier alpha value is -2.70. The molecule has 1 aliphatic carbocycles. The van der Waals surface area contributed by atoms with E-state index in [1.54, 1.807) is 0 Å². The summed E-state index contributed by atoms with van der Waals surface area (Å²) in [6.45, 7) is 2.05. The number of hydrogen-bond donors (Lipinski definition) is 2. The van der Waals surface area contributed by atoms with Gasteiger partial charge in [-0.05, 0) is 88.8 Å². The molecule has 0 spiro atoms. The van der Waals surface area contributed by atoms with Crippen molar-refractivity contribution in [2.75, 3.05) is 5.32 Å². The predicted molar refractivity (Wildman–Crippen MR) is 145 cm³/mol. The Balaban J connectivity index is 1.53. The molecule has 1 amide bonds. The molecule has 2 N–H and O–H groups in total. The number of H-pyrrole nitrogens is 1. The number of anilines is 1. The van der Waals surface area contributed by atoms with Gasteiger partial charge in [0.05, 0.1) is 17.0 Å². The molecule has 1 aliphatic heterocycles. The Kier molecular flexibility index (Phi) is 5.46. The van der Waals surface area contributed by atoms with Gasteiger partial charge in [0.1, 0.15) is 0 Å². The second kappa shape index (κ2) is 8.51. The first-order chi connectivity index (χ1) is 16.5. The van der Waals surface area contributed by atoms with Crippen molar-refractivity contribution in [3.05, 3.63) is 90.9 Å². The molecular formula is C28H23Br2N3O. The molecule has 0 unspecified atom stereocenters. The van der Waals surface area contributed by atoms with Gasteiger partial charge in [-0.2, -0.15) is 0 Å². The second-order valence-corrected chi connectivity index (χ2v) is 10.8. The molecule has 4 aromatic rings. The summed E-state index contributed by atoms with van der Waals surface area (Å²) in [5, 5.41) is 5.44. The first kappa shape index (κ1) is 21.8. The maximum Gasteiger partial charge on any atom is 0.256 e. The van der Waals surface area contributed by atoms with Crippen LogP contribution in [-0.2, 0) is 24.1 Å². The number of carbonyl (C=O) groups excluding carboxylic acids is 1. The molecular weight excluding hydrogens is 554 g/mol. The predicted octanol–water partition coefficient (Wildman–Crippen LogP) is 7.36. The highest BCUT2D eigenvalue weighted by Gasteiger charge is 2.30. The van der Waals surface area contributed by atoms with Gasteiger partial charge < -0.3 is 10.3 Å². The number of rotatable bonds is 3. The van der Waals surface area contributed by atoms with Gasteiger partial charge in [-0.15, -0.1) is 0 Å². The quantitative estimate of drug-likeness (QED) is 0.250. The van der Waals surface area contributed by atoms with Crippen LogP contribution in [-0.4, -0.2) is 15.9 Å². The van der Waals surface area contributed by atoms with Crippen LogP contribution in [0, 0.1) is 6.92 Å². The molecule has 0 radical (unpaired) electrons. The van der Waals surface area contributed by atoms with Crippen molar-refractivity contribution in [3.63, 3.8) is 0 Å². The van der Waals surface area contributed by atoms with Gasteiger partial charge in [0, 0.05) is 43.9 Å². The lowest BCUT2D eigenvalue weighted by molar-refractivity contribution is -0.110. The highest BCUT2D eigenvalue weighted by molar-refractivity contribution is 9.11. The zero-order chi connectivity index (χ0) is 23.4. The summed E-state index contributed by atoms with van der Waals surface area (Å²) in [7, 11) is 0. The number of amides is 1. The fourth-order valence-electron chi connectivity index (χ4n) is 5.35. The number of pyridine rings is 1. The smallest absolute Gasteiger partial charge is 0.256 e. The molecule has 3 heterocycles. The van der Waals surface area contributed by atoms with E-state index in [1.807, 2.05) is 25.3 Å². The highest BCUT2D eigenvalue weighted by atomic mass is 79.9. The summed E-state index contributed by atoms with van der Waals surface area (Å²) in [4.78, 5) is 21.6. The molecule has 4 nitrogen and oxygen atoms in total. The van der Waals surface area contributed by atoms with E-state index in [4.69, 9.17) is 4.98 Å². The zero-order valence-electron chi connectivity index (χ0n) is 18.8. The third-order valence-electron chi connectivity index (χ3n) is 7.06.